The number of allylic oxidation sites excluding steroid dienone is 2. The molecule has 0 bridgehead atoms. The number of likely N-dealkylation sites (tertiary alicyclic amines) is 2. The molecule has 0 unspecified atom stereocenters. The molecule has 4 aliphatic heterocycles. The third-order valence-electron chi connectivity index (χ3n) is 6.49. The van der Waals surface area contributed by atoms with Crippen LogP contribution in [0.5, 0.6) is 0 Å². The average Bonchev–Trinajstić information content (AvgIpc) is 3.29. The van der Waals surface area contributed by atoms with E-state index in [9.17, 15) is 24.3 Å². The normalized spacial score (nSPS) is 32.5. The van der Waals surface area contributed by atoms with Gasteiger partial charge in [-0.1, -0.05) is 0 Å². The smallest absolute Gasteiger partial charge is 1.00 e. The van der Waals surface area contributed by atoms with E-state index in [0.29, 0.717) is 43.1 Å². The average molecular weight is 395 g/mol. The van der Waals surface area contributed by atoms with Gasteiger partial charge in [0.25, 0.3) is 5.91 Å². The van der Waals surface area contributed by atoms with Gasteiger partial charge >= 0.3 is 35.5 Å². The predicted molar refractivity (Wildman–Crippen MR) is 93.1 cm³/mol. The minimum absolute atomic E-state index is 0. The maximum absolute atomic E-state index is 12.6. The predicted octanol–water partition coefficient (Wildman–Crippen LogP) is -2.78. The SMILES string of the molecule is CC(=O)N1C[C@H]2CC(/C=C3\CCN(C4CC4)C3=O)=C(C(=O)O)N3C(=O)[C@@H]1[C@@H]23.[H-].[Na+]. The van der Waals surface area contributed by atoms with Gasteiger partial charge in [0, 0.05) is 37.5 Å². The van der Waals surface area contributed by atoms with Crippen molar-refractivity contribution in [1.29, 1.82) is 0 Å². The third-order valence-corrected chi connectivity index (χ3v) is 6.49. The minimum Gasteiger partial charge on any atom is -1.00 e. The molecular formula is C19H22N3NaO5. The molecule has 9 heteroatoms. The molecule has 3 amide bonds. The van der Waals surface area contributed by atoms with Gasteiger partial charge < -0.3 is 16.3 Å². The fourth-order valence-corrected chi connectivity index (χ4v) is 5.14. The van der Waals surface area contributed by atoms with E-state index in [2.05, 4.69) is 0 Å². The standard InChI is InChI=1S/C19H21N3O5.Na.H/c1-9(23)21-8-12-7-11(6-10-4-5-20(17(10)24)13-2-3-13)15(19(26)27)22-14(12)16(21)18(22)25;;/h6,12-14,16H,2-5,7-8H2,1H3,(H,26,27);;/q;+1;-1/b10-6+;;/t12-,14-,16+;;/m1../s1. The molecule has 1 saturated carbocycles. The van der Waals surface area contributed by atoms with Gasteiger partial charge in [-0.2, -0.15) is 0 Å². The zero-order valence-electron chi connectivity index (χ0n) is 17.1. The van der Waals surface area contributed by atoms with Crippen molar-refractivity contribution in [2.75, 3.05) is 13.1 Å². The van der Waals surface area contributed by atoms with Crippen molar-refractivity contribution in [3.63, 3.8) is 0 Å². The van der Waals surface area contributed by atoms with E-state index in [0.717, 1.165) is 12.8 Å². The quantitative estimate of drug-likeness (QED) is 0.317. The number of β-lactam (4-membered cyclic amide) rings is 1. The van der Waals surface area contributed by atoms with Gasteiger partial charge in [0.2, 0.25) is 11.8 Å². The number of hydrogen-bond donors (Lipinski definition) is 1. The second-order valence-corrected chi connectivity index (χ2v) is 8.11. The van der Waals surface area contributed by atoms with E-state index in [1.165, 1.54) is 11.8 Å². The summed E-state index contributed by atoms with van der Waals surface area (Å²) in [5.74, 6) is -1.64. The van der Waals surface area contributed by atoms with E-state index in [4.69, 9.17) is 0 Å². The Bertz CT molecular complexity index is 868. The zero-order chi connectivity index (χ0) is 19.0. The molecule has 28 heavy (non-hydrogen) atoms. The van der Waals surface area contributed by atoms with Gasteiger partial charge in [0.1, 0.15) is 11.7 Å². The summed E-state index contributed by atoms with van der Waals surface area (Å²) in [6.45, 7) is 2.57. The van der Waals surface area contributed by atoms with Crippen molar-refractivity contribution in [3.05, 3.63) is 22.9 Å². The Kier molecular flexibility index (Phi) is 4.71. The number of amides is 3. The number of carboxylic acids is 1. The first-order valence-electron chi connectivity index (χ1n) is 9.46. The van der Waals surface area contributed by atoms with Gasteiger partial charge in [-0.15, -0.1) is 0 Å². The molecule has 0 aromatic heterocycles. The zero-order valence-corrected chi connectivity index (χ0v) is 18.1. The molecule has 0 spiro atoms. The second-order valence-electron chi connectivity index (χ2n) is 8.11. The van der Waals surface area contributed by atoms with Crippen molar-refractivity contribution in [2.45, 2.75) is 50.7 Å². The topological polar surface area (TPSA) is 98.2 Å². The Morgan fingerprint density at radius 1 is 1.25 bits per heavy atom. The molecule has 144 valence electrons. The number of nitrogens with zero attached hydrogens (tertiary/aromatic N) is 3. The second kappa shape index (κ2) is 6.71. The largest absolute Gasteiger partial charge is 1.00 e. The van der Waals surface area contributed by atoms with Crippen LogP contribution in [0.3, 0.4) is 0 Å². The number of rotatable bonds is 3. The summed E-state index contributed by atoms with van der Waals surface area (Å²) in [6.07, 6.45) is 4.85. The molecule has 3 atom stereocenters. The van der Waals surface area contributed by atoms with Crippen LogP contribution in [-0.4, -0.2) is 74.7 Å². The van der Waals surface area contributed by atoms with Crippen molar-refractivity contribution in [1.82, 2.24) is 14.7 Å². The van der Waals surface area contributed by atoms with Crippen LogP contribution in [0.25, 0.3) is 0 Å². The molecule has 0 aromatic rings. The Hall–Kier alpha value is -1.64. The Morgan fingerprint density at radius 3 is 2.57 bits per heavy atom. The number of carbonyl (C=O) groups excluding carboxylic acids is 3. The summed E-state index contributed by atoms with van der Waals surface area (Å²) in [5.41, 5.74) is 1.13. The van der Waals surface area contributed by atoms with Crippen molar-refractivity contribution >= 4 is 23.7 Å². The first-order valence-corrected chi connectivity index (χ1v) is 9.46. The Morgan fingerprint density at radius 2 is 1.96 bits per heavy atom. The fraction of sp³-hybridized carbons (Fsp3) is 0.579. The number of aliphatic carboxylic acids is 1. The van der Waals surface area contributed by atoms with E-state index in [-0.39, 0.29) is 66.4 Å². The van der Waals surface area contributed by atoms with Crippen molar-refractivity contribution < 1.29 is 55.3 Å². The number of carboxylic acid groups (broad SMARTS) is 1. The summed E-state index contributed by atoms with van der Waals surface area (Å²) in [5, 5.41) is 9.75. The summed E-state index contributed by atoms with van der Waals surface area (Å²) in [6, 6.07) is -0.449. The molecule has 1 N–H and O–H groups in total. The Labute approximate surface area is 186 Å². The van der Waals surface area contributed by atoms with Crippen LogP contribution in [0.15, 0.2) is 22.9 Å². The van der Waals surface area contributed by atoms with E-state index < -0.39 is 12.0 Å². The maximum Gasteiger partial charge on any atom is 1.00 e. The summed E-state index contributed by atoms with van der Waals surface area (Å²) >= 11 is 0. The summed E-state index contributed by atoms with van der Waals surface area (Å²) in [7, 11) is 0. The maximum atomic E-state index is 12.6. The van der Waals surface area contributed by atoms with Crippen LogP contribution in [0.2, 0.25) is 0 Å². The first-order chi connectivity index (χ1) is 12.9. The van der Waals surface area contributed by atoms with Gasteiger partial charge in [0.05, 0.1) is 6.04 Å². The molecule has 1 aliphatic carbocycles. The molecule has 0 radical (unpaired) electrons. The molecule has 5 aliphatic rings. The van der Waals surface area contributed by atoms with Crippen LogP contribution in [0.4, 0.5) is 0 Å². The van der Waals surface area contributed by atoms with E-state index in [1.54, 1.807) is 11.0 Å². The number of hydrogen-bond acceptors (Lipinski definition) is 4. The first kappa shape index (κ1) is 19.7. The number of carbonyl (C=O) groups is 4. The van der Waals surface area contributed by atoms with Crippen LogP contribution in [0.1, 0.15) is 34.0 Å². The monoisotopic (exact) mass is 395 g/mol. The van der Waals surface area contributed by atoms with Crippen LogP contribution >= 0.6 is 0 Å². The van der Waals surface area contributed by atoms with Crippen LogP contribution < -0.4 is 29.6 Å². The van der Waals surface area contributed by atoms with E-state index >= 15 is 0 Å². The van der Waals surface area contributed by atoms with Gasteiger partial charge in [0.15, 0.2) is 0 Å². The van der Waals surface area contributed by atoms with Crippen molar-refractivity contribution in [3.8, 4) is 0 Å². The van der Waals surface area contributed by atoms with E-state index in [1.807, 2.05) is 4.90 Å². The Balaban J connectivity index is 0.00000120. The molecule has 0 aromatic carbocycles. The van der Waals surface area contributed by atoms with Crippen molar-refractivity contribution in [2.24, 2.45) is 5.92 Å². The van der Waals surface area contributed by atoms with Crippen LogP contribution in [0, 0.1) is 5.92 Å². The minimum atomic E-state index is -1.15. The molecule has 4 heterocycles. The van der Waals surface area contributed by atoms with Gasteiger partial charge in [-0.05, 0) is 37.3 Å². The molecule has 3 saturated heterocycles. The molecule has 8 nitrogen and oxygen atoms in total. The van der Waals surface area contributed by atoms with Gasteiger partial charge in [-0.25, -0.2) is 4.79 Å². The molecule has 4 fully saturated rings. The van der Waals surface area contributed by atoms with Gasteiger partial charge in [-0.3, -0.25) is 19.3 Å². The summed E-state index contributed by atoms with van der Waals surface area (Å²) < 4.78 is 0. The van der Waals surface area contributed by atoms with Crippen LogP contribution in [-0.2, 0) is 19.2 Å². The summed E-state index contributed by atoms with van der Waals surface area (Å²) in [4.78, 5) is 53.8. The third kappa shape index (κ3) is 2.69. The molecule has 5 rings (SSSR count). The molecular weight excluding hydrogens is 373 g/mol. The fourth-order valence-electron chi connectivity index (χ4n) is 5.14.